The fraction of sp³-hybridized carbons (Fsp3) is 0.688. The zero-order chi connectivity index (χ0) is 16.2. The maximum atomic E-state index is 12.2. The van der Waals surface area contributed by atoms with Crippen molar-refractivity contribution in [3.05, 3.63) is 23.8 Å². The normalized spacial score (nSPS) is 18.5. The van der Waals surface area contributed by atoms with Crippen molar-refractivity contribution in [2.24, 2.45) is 0 Å². The van der Waals surface area contributed by atoms with Gasteiger partial charge in [0.25, 0.3) is 0 Å². The van der Waals surface area contributed by atoms with Crippen molar-refractivity contribution in [1.29, 1.82) is 0 Å². The molecule has 1 N–H and O–H groups in total. The highest BCUT2D eigenvalue weighted by molar-refractivity contribution is 5.69. The van der Waals surface area contributed by atoms with Crippen molar-refractivity contribution in [3.63, 3.8) is 0 Å². The second-order valence-corrected chi connectivity index (χ2v) is 6.75. The van der Waals surface area contributed by atoms with Gasteiger partial charge in [-0.2, -0.15) is 0 Å². The van der Waals surface area contributed by atoms with Crippen molar-refractivity contribution >= 4 is 6.09 Å². The number of aromatic nitrogens is 2. The van der Waals surface area contributed by atoms with E-state index in [4.69, 9.17) is 4.74 Å². The molecule has 22 heavy (non-hydrogen) atoms. The Morgan fingerprint density at radius 2 is 2.18 bits per heavy atom. The lowest BCUT2D eigenvalue weighted by molar-refractivity contribution is 0.0226. The minimum absolute atomic E-state index is 0.188. The van der Waals surface area contributed by atoms with Crippen LogP contribution in [0.2, 0.25) is 0 Å². The van der Waals surface area contributed by atoms with Gasteiger partial charge < -0.3 is 15.0 Å². The number of hydrogen-bond donors (Lipinski definition) is 1. The molecule has 6 nitrogen and oxygen atoms in total. The quantitative estimate of drug-likeness (QED) is 0.924. The summed E-state index contributed by atoms with van der Waals surface area (Å²) in [7, 11) is 0. The summed E-state index contributed by atoms with van der Waals surface area (Å²) in [4.78, 5) is 22.6. The van der Waals surface area contributed by atoms with E-state index < -0.39 is 5.60 Å². The van der Waals surface area contributed by atoms with E-state index in [0.29, 0.717) is 6.54 Å². The van der Waals surface area contributed by atoms with Gasteiger partial charge in [0.15, 0.2) is 0 Å². The minimum atomic E-state index is -0.449. The number of rotatable bonds is 4. The maximum absolute atomic E-state index is 12.2. The van der Waals surface area contributed by atoms with Crippen LogP contribution in [-0.4, -0.2) is 45.7 Å². The summed E-state index contributed by atoms with van der Waals surface area (Å²) in [5.74, 6) is 0. The van der Waals surface area contributed by atoms with Crippen molar-refractivity contribution in [2.75, 3.05) is 13.1 Å². The SMILES string of the molecule is Cc1cnc(CNCC2CCCN2C(=O)OC(C)(C)C)cn1. The van der Waals surface area contributed by atoms with E-state index in [2.05, 4.69) is 15.3 Å². The molecular weight excluding hydrogens is 280 g/mol. The van der Waals surface area contributed by atoms with Crippen LogP contribution in [0, 0.1) is 6.92 Å². The smallest absolute Gasteiger partial charge is 0.410 e. The molecule has 122 valence electrons. The van der Waals surface area contributed by atoms with Crippen LogP contribution in [0.5, 0.6) is 0 Å². The number of carbonyl (C=O) groups is 1. The van der Waals surface area contributed by atoms with Gasteiger partial charge in [-0.05, 0) is 40.5 Å². The summed E-state index contributed by atoms with van der Waals surface area (Å²) >= 11 is 0. The second-order valence-electron chi connectivity index (χ2n) is 6.75. The fourth-order valence-electron chi connectivity index (χ4n) is 2.49. The van der Waals surface area contributed by atoms with Crippen LogP contribution in [0.4, 0.5) is 4.79 Å². The molecule has 1 amide bonds. The van der Waals surface area contributed by atoms with Crippen LogP contribution in [0.15, 0.2) is 12.4 Å². The van der Waals surface area contributed by atoms with Gasteiger partial charge in [0.05, 0.1) is 11.4 Å². The summed E-state index contributed by atoms with van der Waals surface area (Å²) in [6, 6.07) is 0.188. The van der Waals surface area contributed by atoms with Crippen LogP contribution in [0.1, 0.15) is 45.0 Å². The van der Waals surface area contributed by atoms with E-state index in [9.17, 15) is 4.79 Å². The Balaban J connectivity index is 1.81. The maximum Gasteiger partial charge on any atom is 0.410 e. The molecule has 2 heterocycles. The average Bonchev–Trinajstić information content (AvgIpc) is 2.88. The van der Waals surface area contributed by atoms with E-state index >= 15 is 0 Å². The highest BCUT2D eigenvalue weighted by Gasteiger charge is 2.31. The van der Waals surface area contributed by atoms with Crippen LogP contribution in [0.25, 0.3) is 0 Å². The number of amides is 1. The number of likely N-dealkylation sites (tertiary alicyclic amines) is 1. The Bertz CT molecular complexity index is 496. The third-order valence-corrected chi connectivity index (χ3v) is 3.53. The lowest BCUT2D eigenvalue weighted by Crippen LogP contribution is -2.44. The number of hydrogen-bond acceptors (Lipinski definition) is 5. The third kappa shape index (κ3) is 4.94. The van der Waals surface area contributed by atoms with Gasteiger partial charge in [0.2, 0.25) is 0 Å². The summed E-state index contributed by atoms with van der Waals surface area (Å²) in [5.41, 5.74) is 1.37. The number of ether oxygens (including phenoxy) is 1. The molecule has 1 fully saturated rings. The van der Waals surface area contributed by atoms with Crippen molar-refractivity contribution in [2.45, 2.75) is 58.7 Å². The average molecular weight is 306 g/mol. The Kier molecular flexibility index (Phi) is 5.34. The van der Waals surface area contributed by atoms with Gasteiger partial charge in [-0.15, -0.1) is 0 Å². The molecule has 1 unspecified atom stereocenters. The summed E-state index contributed by atoms with van der Waals surface area (Å²) < 4.78 is 5.47. The van der Waals surface area contributed by atoms with Gasteiger partial charge >= 0.3 is 6.09 Å². The molecular formula is C16H26N4O2. The van der Waals surface area contributed by atoms with Crippen LogP contribution >= 0.6 is 0 Å². The first-order chi connectivity index (χ1) is 10.3. The Hall–Kier alpha value is -1.69. The van der Waals surface area contributed by atoms with E-state index in [1.807, 2.05) is 32.6 Å². The van der Waals surface area contributed by atoms with Gasteiger partial charge in [-0.25, -0.2) is 4.79 Å². The molecule has 6 heteroatoms. The highest BCUT2D eigenvalue weighted by Crippen LogP contribution is 2.20. The molecule has 1 aliphatic heterocycles. The molecule has 1 atom stereocenters. The molecule has 1 aliphatic rings. The second kappa shape index (κ2) is 7.05. The van der Waals surface area contributed by atoms with Gasteiger partial charge in [0.1, 0.15) is 5.60 Å². The Morgan fingerprint density at radius 1 is 1.41 bits per heavy atom. The van der Waals surface area contributed by atoms with Gasteiger partial charge in [-0.3, -0.25) is 9.97 Å². The third-order valence-electron chi connectivity index (χ3n) is 3.53. The Morgan fingerprint density at radius 3 is 2.82 bits per heavy atom. The fourth-order valence-corrected chi connectivity index (χ4v) is 2.49. The minimum Gasteiger partial charge on any atom is -0.444 e. The van der Waals surface area contributed by atoms with E-state index in [-0.39, 0.29) is 12.1 Å². The predicted molar refractivity (Wildman–Crippen MR) is 84.4 cm³/mol. The van der Waals surface area contributed by atoms with Crippen molar-refractivity contribution < 1.29 is 9.53 Å². The van der Waals surface area contributed by atoms with Crippen molar-refractivity contribution in [3.8, 4) is 0 Å². The van der Waals surface area contributed by atoms with Crippen LogP contribution in [-0.2, 0) is 11.3 Å². The molecule has 1 aromatic heterocycles. The first-order valence-electron chi connectivity index (χ1n) is 7.83. The van der Waals surface area contributed by atoms with Crippen molar-refractivity contribution in [1.82, 2.24) is 20.2 Å². The van der Waals surface area contributed by atoms with E-state index in [1.165, 1.54) is 0 Å². The lowest BCUT2D eigenvalue weighted by Gasteiger charge is -2.28. The molecule has 0 saturated carbocycles. The summed E-state index contributed by atoms with van der Waals surface area (Å²) in [5, 5.41) is 3.36. The van der Waals surface area contributed by atoms with Gasteiger partial charge in [-0.1, -0.05) is 0 Å². The Labute approximate surface area is 132 Å². The van der Waals surface area contributed by atoms with E-state index in [0.717, 1.165) is 37.3 Å². The molecule has 0 aliphatic carbocycles. The molecule has 0 radical (unpaired) electrons. The molecule has 2 rings (SSSR count). The van der Waals surface area contributed by atoms with Crippen LogP contribution in [0.3, 0.4) is 0 Å². The number of nitrogens with zero attached hydrogens (tertiary/aromatic N) is 3. The molecule has 0 spiro atoms. The van der Waals surface area contributed by atoms with Crippen LogP contribution < -0.4 is 5.32 Å². The summed E-state index contributed by atoms with van der Waals surface area (Å²) in [6.07, 6.45) is 5.36. The highest BCUT2D eigenvalue weighted by atomic mass is 16.6. The van der Waals surface area contributed by atoms with E-state index in [1.54, 1.807) is 12.4 Å². The number of aryl methyl sites for hydroxylation is 1. The molecule has 1 saturated heterocycles. The number of nitrogens with one attached hydrogen (secondary N) is 1. The zero-order valence-electron chi connectivity index (χ0n) is 13.9. The largest absolute Gasteiger partial charge is 0.444 e. The molecule has 0 bridgehead atoms. The standard InChI is InChI=1S/C16H26N4O2/c1-12-8-19-13(10-18-12)9-17-11-14-6-5-7-20(14)15(21)22-16(2,3)4/h8,10,14,17H,5-7,9,11H2,1-4H3. The summed E-state index contributed by atoms with van der Waals surface area (Å²) in [6.45, 7) is 9.77. The monoisotopic (exact) mass is 306 g/mol. The first kappa shape index (κ1) is 16.7. The zero-order valence-corrected chi connectivity index (χ0v) is 13.9. The number of carbonyl (C=O) groups excluding carboxylic acids is 1. The lowest BCUT2D eigenvalue weighted by atomic mass is 10.2. The molecule has 1 aromatic rings. The predicted octanol–water partition coefficient (Wildman–Crippen LogP) is 2.27. The van der Waals surface area contributed by atoms with Gasteiger partial charge in [0, 0.05) is 38.1 Å². The first-order valence-corrected chi connectivity index (χ1v) is 7.83. The topological polar surface area (TPSA) is 67.4 Å². The molecule has 0 aromatic carbocycles.